The first kappa shape index (κ1) is 11.3. The van der Waals surface area contributed by atoms with Gasteiger partial charge in [-0.25, -0.2) is 0 Å². The van der Waals surface area contributed by atoms with Crippen molar-refractivity contribution >= 4 is 21.7 Å². The molecule has 1 aromatic carbocycles. The van der Waals surface area contributed by atoms with Crippen molar-refractivity contribution in [1.29, 1.82) is 0 Å². The Morgan fingerprint density at radius 3 is 2.27 bits per heavy atom. The van der Waals surface area contributed by atoms with E-state index in [2.05, 4.69) is 0 Å². The summed E-state index contributed by atoms with van der Waals surface area (Å²) in [6, 6.07) is 1.96. The molecule has 0 aliphatic carbocycles. The number of hydrogen-bond acceptors (Lipinski definition) is 5. The monoisotopic (exact) mass is 232 g/mol. The van der Waals surface area contributed by atoms with Crippen molar-refractivity contribution in [1.82, 2.24) is 0 Å². The van der Waals surface area contributed by atoms with E-state index in [4.69, 9.17) is 21.1 Å². The zero-order valence-corrected chi connectivity index (χ0v) is 8.15. The number of anilines is 1. The van der Waals surface area contributed by atoms with Gasteiger partial charge in [0, 0.05) is 0 Å². The fourth-order valence-electron chi connectivity index (χ4n) is 1.06. The van der Waals surface area contributed by atoms with Crippen molar-refractivity contribution in [3.8, 4) is 5.75 Å². The molecule has 0 aliphatic rings. The molecule has 0 unspecified atom stereocenters. The molecule has 8 heteroatoms. The van der Waals surface area contributed by atoms with Crippen LogP contribution in [-0.2, 0) is 10.1 Å². The van der Waals surface area contributed by atoms with Crippen molar-refractivity contribution in [2.24, 2.45) is 5.73 Å². The van der Waals surface area contributed by atoms with Gasteiger partial charge in [0.25, 0.3) is 10.1 Å². The number of hydrogen-bond donors (Lipinski definition) is 4. The fraction of sp³-hybridized carbons (Fsp3) is 0. The normalized spacial score (nSPS) is 11.3. The van der Waals surface area contributed by atoms with Crippen molar-refractivity contribution in [3.63, 3.8) is 0 Å². The average molecular weight is 232 g/mol. The van der Waals surface area contributed by atoms with E-state index in [1.165, 1.54) is 0 Å². The Hall–Kier alpha value is -1.80. The molecule has 0 fully saturated rings. The summed E-state index contributed by atoms with van der Waals surface area (Å²) in [4.78, 5) is 9.96. The highest BCUT2D eigenvalue weighted by atomic mass is 32.2. The molecule has 0 saturated heterocycles. The maximum Gasteiger partial charge on any atom is 0.297 e. The lowest BCUT2D eigenvalue weighted by Crippen LogP contribution is -2.17. The molecule has 0 radical (unpaired) electrons. The third-order valence-electron chi connectivity index (χ3n) is 1.70. The lowest BCUT2D eigenvalue weighted by molar-refractivity contribution is 0.0997. The number of phenolic OH excluding ortho intramolecular Hbond substituents is 1. The number of benzene rings is 1. The van der Waals surface area contributed by atoms with Gasteiger partial charge in [-0.2, -0.15) is 8.42 Å². The number of nitrogens with two attached hydrogens (primary N) is 2. The Morgan fingerprint density at radius 2 is 1.87 bits per heavy atom. The summed E-state index contributed by atoms with van der Waals surface area (Å²) < 4.78 is 30.6. The van der Waals surface area contributed by atoms with Crippen molar-refractivity contribution in [2.45, 2.75) is 4.90 Å². The Morgan fingerprint density at radius 1 is 1.33 bits per heavy atom. The summed E-state index contributed by atoms with van der Waals surface area (Å²) in [5.74, 6) is -1.64. The van der Waals surface area contributed by atoms with Crippen molar-refractivity contribution in [2.75, 3.05) is 5.73 Å². The molecule has 6 N–H and O–H groups in total. The Bertz CT molecular complexity index is 522. The van der Waals surface area contributed by atoms with Crippen LogP contribution in [0.5, 0.6) is 5.75 Å². The molecule has 1 aromatic rings. The number of rotatable bonds is 2. The van der Waals surface area contributed by atoms with Crippen molar-refractivity contribution < 1.29 is 22.9 Å². The van der Waals surface area contributed by atoms with Crippen LogP contribution < -0.4 is 11.5 Å². The van der Waals surface area contributed by atoms with Crippen LogP contribution in [0.2, 0.25) is 0 Å². The summed E-state index contributed by atoms with van der Waals surface area (Å²) in [6.45, 7) is 0. The molecule has 0 aliphatic heterocycles. The molecule has 1 rings (SSSR count). The summed E-state index contributed by atoms with van der Waals surface area (Å²) >= 11 is 0. The van der Waals surface area contributed by atoms with Gasteiger partial charge >= 0.3 is 0 Å². The number of carbonyl (C=O) groups excluding carboxylic acids is 1. The van der Waals surface area contributed by atoms with Gasteiger partial charge in [0.2, 0.25) is 5.91 Å². The number of primary amides is 1. The third-order valence-corrected chi connectivity index (χ3v) is 2.65. The lowest BCUT2D eigenvalue weighted by atomic mass is 10.2. The SMILES string of the molecule is NC(=O)c1ccc(O)c(N)c1S(=O)(=O)O. The molecule has 82 valence electrons. The van der Waals surface area contributed by atoms with Gasteiger partial charge in [0.05, 0.1) is 11.3 Å². The maximum absolute atomic E-state index is 10.9. The van der Waals surface area contributed by atoms with Gasteiger partial charge in [-0.3, -0.25) is 9.35 Å². The second-order valence-electron chi connectivity index (χ2n) is 2.71. The van der Waals surface area contributed by atoms with E-state index in [0.29, 0.717) is 0 Å². The van der Waals surface area contributed by atoms with E-state index >= 15 is 0 Å². The molecule has 1 amide bonds. The van der Waals surface area contributed by atoms with E-state index in [0.717, 1.165) is 12.1 Å². The molecule has 15 heavy (non-hydrogen) atoms. The van der Waals surface area contributed by atoms with Crippen LogP contribution in [0.15, 0.2) is 17.0 Å². The first-order valence-electron chi connectivity index (χ1n) is 3.64. The van der Waals surface area contributed by atoms with Crippen LogP contribution in [0.25, 0.3) is 0 Å². The number of nitrogen functional groups attached to an aromatic ring is 1. The quantitative estimate of drug-likeness (QED) is 0.302. The largest absolute Gasteiger partial charge is 0.506 e. The van der Waals surface area contributed by atoms with E-state index in [-0.39, 0.29) is 0 Å². The maximum atomic E-state index is 10.9. The summed E-state index contributed by atoms with van der Waals surface area (Å²) in [5.41, 5.74) is 8.99. The second kappa shape index (κ2) is 3.41. The second-order valence-corrected chi connectivity index (χ2v) is 4.07. The minimum absolute atomic E-state index is 0.479. The predicted molar refractivity (Wildman–Crippen MR) is 50.9 cm³/mol. The van der Waals surface area contributed by atoms with Crippen molar-refractivity contribution in [3.05, 3.63) is 17.7 Å². The zero-order valence-electron chi connectivity index (χ0n) is 7.34. The molecule has 0 saturated carbocycles. The van der Waals surface area contributed by atoms with Gasteiger partial charge in [-0.15, -0.1) is 0 Å². The topological polar surface area (TPSA) is 144 Å². The first-order valence-corrected chi connectivity index (χ1v) is 5.08. The van der Waals surface area contributed by atoms with E-state index in [1.807, 2.05) is 0 Å². The Kier molecular flexibility index (Phi) is 2.56. The van der Waals surface area contributed by atoms with Gasteiger partial charge in [-0.1, -0.05) is 0 Å². The van der Waals surface area contributed by atoms with Crippen LogP contribution in [0.4, 0.5) is 5.69 Å². The van der Waals surface area contributed by atoms with Gasteiger partial charge in [0.1, 0.15) is 10.6 Å². The van der Waals surface area contributed by atoms with Gasteiger partial charge in [-0.05, 0) is 12.1 Å². The highest BCUT2D eigenvalue weighted by Crippen LogP contribution is 2.30. The molecule has 0 atom stereocenters. The van der Waals surface area contributed by atoms with Gasteiger partial charge in [0.15, 0.2) is 0 Å². The summed E-state index contributed by atoms with van der Waals surface area (Å²) in [7, 11) is -4.72. The molecular weight excluding hydrogens is 224 g/mol. The molecule has 7 nitrogen and oxygen atoms in total. The number of carbonyl (C=O) groups is 1. The standard InChI is InChI=1S/C7H8N2O5S/c8-5-4(10)2-1-3(7(9)11)6(5)15(12,13)14/h1-2,10H,8H2,(H2,9,11)(H,12,13,14). The van der Waals surface area contributed by atoms with Crippen LogP contribution in [0, 0.1) is 0 Å². The highest BCUT2D eigenvalue weighted by Gasteiger charge is 2.24. The zero-order chi connectivity index (χ0) is 11.8. The number of aromatic hydroxyl groups is 1. The van der Waals surface area contributed by atoms with E-state index < -0.39 is 37.9 Å². The number of amides is 1. The fourth-order valence-corrected chi connectivity index (χ4v) is 1.89. The average Bonchev–Trinajstić information content (AvgIpc) is 2.06. The highest BCUT2D eigenvalue weighted by molar-refractivity contribution is 7.86. The Balaban J connectivity index is 3.72. The third kappa shape index (κ3) is 2.00. The van der Waals surface area contributed by atoms with Crippen LogP contribution in [0.3, 0.4) is 0 Å². The molecule has 0 bridgehead atoms. The molecule has 0 spiro atoms. The summed E-state index contributed by atoms with van der Waals surface area (Å²) in [6.07, 6.45) is 0. The summed E-state index contributed by atoms with van der Waals surface area (Å²) in [5, 5.41) is 9.12. The molecule has 0 heterocycles. The predicted octanol–water partition coefficient (Wildman–Crippen LogP) is -0.680. The van der Waals surface area contributed by atoms with Crippen LogP contribution >= 0.6 is 0 Å². The molecular formula is C7H8N2O5S. The smallest absolute Gasteiger partial charge is 0.297 e. The van der Waals surface area contributed by atoms with E-state index in [1.54, 1.807) is 0 Å². The molecule has 0 aromatic heterocycles. The van der Waals surface area contributed by atoms with Crippen LogP contribution in [0.1, 0.15) is 10.4 Å². The minimum atomic E-state index is -4.72. The van der Waals surface area contributed by atoms with E-state index in [9.17, 15) is 13.2 Å². The minimum Gasteiger partial charge on any atom is -0.506 e. The lowest BCUT2D eigenvalue weighted by Gasteiger charge is -2.08. The van der Waals surface area contributed by atoms with Crippen LogP contribution in [-0.4, -0.2) is 24.0 Å². The Labute approximate surface area is 85.1 Å². The van der Waals surface area contributed by atoms with Gasteiger partial charge < -0.3 is 16.6 Å². The number of phenols is 1. The first-order chi connectivity index (χ1) is 6.75.